The first-order valence-electron chi connectivity index (χ1n) is 9.25. The molecule has 0 aliphatic heterocycles. The summed E-state index contributed by atoms with van der Waals surface area (Å²) in [5, 5.41) is 11.0. The van der Waals surface area contributed by atoms with Gasteiger partial charge in [-0.2, -0.15) is 0 Å². The molecule has 1 atom stereocenters. The fourth-order valence-corrected chi connectivity index (χ4v) is 3.28. The number of carbonyl (C=O) groups is 1. The quantitative estimate of drug-likeness (QED) is 0.560. The Bertz CT molecular complexity index is 924. The van der Waals surface area contributed by atoms with Crippen LogP contribution in [0.25, 0.3) is 0 Å². The molecule has 7 heteroatoms. The van der Waals surface area contributed by atoms with Crippen LogP contribution in [-0.2, 0) is 11.4 Å². The van der Waals surface area contributed by atoms with E-state index in [1.54, 1.807) is 0 Å². The molecule has 4 rings (SSSR count). The van der Waals surface area contributed by atoms with Crippen molar-refractivity contribution in [2.75, 3.05) is 5.32 Å². The second-order valence-corrected chi connectivity index (χ2v) is 8.02. The Hall–Kier alpha value is -2.80. The molecule has 28 heavy (non-hydrogen) atoms. The summed E-state index contributed by atoms with van der Waals surface area (Å²) < 4.78 is 11.4. The highest BCUT2D eigenvalue weighted by Gasteiger charge is 2.30. The van der Waals surface area contributed by atoms with Gasteiger partial charge < -0.3 is 14.5 Å². The Morgan fingerprint density at radius 3 is 2.64 bits per heavy atom. The van der Waals surface area contributed by atoms with Crippen LogP contribution in [0.3, 0.4) is 0 Å². The van der Waals surface area contributed by atoms with Crippen molar-refractivity contribution in [1.82, 2.24) is 10.2 Å². The van der Waals surface area contributed by atoms with Crippen LogP contribution in [-0.4, -0.2) is 21.4 Å². The molecule has 2 aromatic carbocycles. The molecule has 3 aromatic rings. The van der Waals surface area contributed by atoms with Gasteiger partial charge in [-0.25, -0.2) is 0 Å². The summed E-state index contributed by atoms with van der Waals surface area (Å²) in [6.07, 6.45) is 2.21. The Morgan fingerprint density at radius 2 is 1.93 bits per heavy atom. The lowest BCUT2D eigenvalue weighted by molar-refractivity contribution is -0.115. The third-order valence-electron chi connectivity index (χ3n) is 4.37. The van der Waals surface area contributed by atoms with Gasteiger partial charge in [-0.05, 0) is 49.6 Å². The number of thioether (sulfide) groups is 1. The van der Waals surface area contributed by atoms with Crippen LogP contribution >= 0.6 is 11.8 Å². The first kappa shape index (κ1) is 18.6. The van der Waals surface area contributed by atoms with Gasteiger partial charge in [0.05, 0.1) is 5.25 Å². The fourth-order valence-electron chi connectivity index (χ4n) is 2.59. The van der Waals surface area contributed by atoms with Gasteiger partial charge in [0.1, 0.15) is 12.4 Å². The van der Waals surface area contributed by atoms with Gasteiger partial charge in [0.15, 0.2) is 0 Å². The zero-order chi connectivity index (χ0) is 19.3. The van der Waals surface area contributed by atoms with Gasteiger partial charge in [0, 0.05) is 11.6 Å². The molecule has 0 unspecified atom stereocenters. The van der Waals surface area contributed by atoms with Crippen LogP contribution in [0.1, 0.15) is 37.1 Å². The van der Waals surface area contributed by atoms with Gasteiger partial charge in [-0.3, -0.25) is 4.79 Å². The van der Waals surface area contributed by atoms with E-state index < -0.39 is 0 Å². The summed E-state index contributed by atoms with van der Waals surface area (Å²) in [6, 6.07) is 17.3. The molecule has 6 nitrogen and oxygen atoms in total. The number of benzene rings is 2. The van der Waals surface area contributed by atoms with E-state index in [9.17, 15) is 4.79 Å². The molecule has 1 heterocycles. The average molecular weight is 395 g/mol. The molecule has 1 aliphatic carbocycles. The summed E-state index contributed by atoms with van der Waals surface area (Å²) >= 11 is 1.27. The van der Waals surface area contributed by atoms with Gasteiger partial charge in [-0.15, -0.1) is 10.2 Å². The second-order valence-electron chi connectivity index (χ2n) is 6.73. The van der Waals surface area contributed by atoms with Gasteiger partial charge in [0.2, 0.25) is 11.8 Å². The molecule has 1 N–H and O–H groups in total. The van der Waals surface area contributed by atoms with E-state index in [0.717, 1.165) is 24.2 Å². The molecule has 0 saturated heterocycles. The number of carbonyl (C=O) groups excluding carboxylic acids is 1. The highest BCUT2D eigenvalue weighted by atomic mass is 32.2. The summed E-state index contributed by atoms with van der Waals surface area (Å²) in [5.74, 6) is 1.73. The van der Waals surface area contributed by atoms with E-state index in [1.807, 2.05) is 61.5 Å². The van der Waals surface area contributed by atoms with Crippen molar-refractivity contribution in [3.63, 3.8) is 0 Å². The van der Waals surface area contributed by atoms with Crippen molar-refractivity contribution in [3.05, 3.63) is 66.1 Å². The fraction of sp³-hybridized carbons (Fsp3) is 0.286. The number of anilines is 1. The maximum atomic E-state index is 12.4. The SMILES string of the molecule is C[C@@H](Sc1nnc(C2CC2)o1)C(=O)Nc1ccc(OCc2ccccc2)cc1. The minimum atomic E-state index is -0.346. The van der Waals surface area contributed by atoms with Crippen LogP contribution in [0, 0.1) is 0 Å². The molecular weight excluding hydrogens is 374 g/mol. The number of nitrogens with one attached hydrogen (secondary N) is 1. The zero-order valence-electron chi connectivity index (χ0n) is 15.5. The normalized spacial score (nSPS) is 14.5. The van der Waals surface area contributed by atoms with Crippen molar-refractivity contribution in [3.8, 4) is 5.75 Å². The summed E-state index contributed by atoms with van der Waals surface area (Å²) in [7, 11) is 0. The number of nitrogens with zero attached hydrogens (tertiary/aromatic N) is 2. The Balaban J connectivity index is 1.27. The predicted octanol–water partition coefficient (Wildman–Crippen LogP) is 4.65. The summed E-state index contributed by atoms with van der Waals surface area (Å²) in [6.45, 7) is 2.32. The molecule has 1 fully saturated rings. The first-order chi connectivity index (χ1) is 13.7. The molecule has 144 valence electrons. The van der Waals surface area contributed by atoms with E-state index in [2.05, 4.69) is 15.5 Å². The highest BCUT2D eigenvalue weighted by molar-refractivity contribution is 8.00. The average Bonchev–Trinajstić information content (AvgIpc) is 3.47. The molecule has 1 aliphatic rings. The Labute approximate surface area is 167 Å². The van der Waals surface area contributed by atoms with Crippen LogP contribution in [0.15, 0.2) is 64.2 Å². The highest BCUT2D eigenvalue weighted by Crippen LogP contribution is 2.40. The Morgan fingerprint density at radius 1 is 1.18 bits per heavy atom. The lowest BCUT2D eigenvalue weighted by Gasteiger charge is -2.11. The number of aromatic nitrogens is 2. The largest absolute Gasteiger partial charge is 0.489 e. The molecule has 1 amide bonds. The number of hydrogen-bond donors (Lipinski definition) is 1. The molecule has 0 spiro atoms. The standard InChI is InChI=1S/C21H21N3O3S/c1-14(28-21-24-23-20(27-21)16-7-8-16)19(25)22-17-9-11-18(12-10-17)26-13-15-5-3-2-4-6-15/h2-6,9-12,14,16H,7-8,13H2,1H3,(H,22,25)/t14-/m1/s1. The maximum Gasteiger partial charge on any atom is 0.277 e. The van der Waals surface area contributed by atoms with Crippen LogP contribution < -0.4 is 10.1 Å². The molecule has 0 radical (unpaired) electrons. The smallest absolute Gasteiger partial charge is 0.277 e. The molecular formula is C21H21N3O3S. The van der Waals surface area contributed by atoms with Crippen molar-refractivity contribution in [2.45, 2.75) is 42.8 Å². The lowest BCUT2D eigenvalue weighted by Crippen LogP contribution is -2.22. The minimum Gasteiger partial charge on any atom is -0.489 e. The number of hydrogen-bond acceptors (Lipinski definition) is 6. The predicted molar refractivity (Wildman–Crippen MR) is 107 cm³/mol. The van der Waals surface area contributed by atoms with E-state index >= 15 is 0 Å². The zero-order valence-corrected chi connectivity index (χ0v) is 16.3. The maximum absolute atomic E-state index is 12.4. The van der Waals surface area contributed by atoms with Crippen molar-refractivity contribution in [2.24, 2.45) is 0 Å². The second kappa shape index (κ2) is 8.48. The van der Waals surface area contributed by atoms with Crippen molar-refractivity contribution < 1.29 is 13.9 Å². The lowest BCUT2D eigenvalue weighted by atomic mass is 10.2. The van der Waals surface area contributed by atoms with E-state index in [4.69, 9.17) is 9.15 Å². The number of rotatable bonds is 8. The Kier molecular flexibility index (Phi) is 5.62. The topological polar surface area (TPSA) is 77.2 Å². The molecule has 1 aromatic heterocycles. The third-order valence-corrected chi connectivity index (χ3v) is 5.30. The number of ether oxygens (including phenoxy) is 1. The first-order valence-corrected chi connectivity index (χ1v) is 10.1. The summed E-state index contributed by atoms with van der Waals surface area (Å²) in [4.78, 5) is 12.4. The number of amides is 1. The van der Waals surface area contributed by atoms with Gasteiger partial charge in [0.25, 0.3) is 5.22 Å². The minimum absolute atomic E-state index is 0.117. The van der Waals surface area contributed by atoms with Crippen molar-refractivity contribution >= 4 is 23.4 Å². The third kappa shape index (κ3) is 4.92. The summed E-state index contributed by atoms with van der Waals surface area (Å²) in [5.41, 5.74) is 1.82. The van der Waals surface area contributed by atoms with Gasteiger partial charge in [-0.1, -0.05) is 42.1 Å². The van der Waals surface area contributed by atoms with Crippen LogP contribution in [0.2, 0.25) is 0 Å². The molecule has 0 bridgehead atoms. The van der Waals surface area contributed by atoms with Gasteiger partial charge >= 0.3 is 0 Å². The van der Waals surface area contributed by atoms with Crippen LogP contribution in [0.5, 0.6) is 5.75 Å². The van der Waals surface area contributed by atoms with E-state index in [0.29, 0.717) is 29.3 Å². The van der Waals surface area contributed by atoms with Crippen LogP contribution in [0.4, 0.5) is 5.69 Å². The monoisotopic (exact) mass is 395 g/mol. The molecule has 1 saturated carbocycles. The van der Waals surface area contributed by atoms with Crippen molar-refractivity contribution in [1.29, 1.82) is 0 Å². The van der Waals surface area contributed by atoms with E-state index in [1.165, 1.54) is 11.8 Å². The van der Waals surface area contributed by atoms with E-state index in [-0.39, 0.29) is 11.2 Å².